The standard InChI is InChI=1S/C21H23N5O3S/c27-18(28)9-11-29-10-8-14-4-6-15(7-5-14)17-12-22-20(23-13-17)24-21-26-25-19(30-21)16-2-1-3-16/h4-7,12-13,16H,1-3,8-11H2,(H,27,28)(H,22,23,24,26). The van der Waals surface area contributed by atoms with E-state index < -0.39 is 5.97 Å². The second-order valence-electron chi connectivity index (χ2n) is 7.20. The molecule has 8 nitrogen and oxygen atoms in total. The monoisotopic (exact) mass is 425 g/mol. The van der Waals surface area contributed by atoms with Gasteiger partial charge in [0.05, 0.1) is 19.6 Å². The van der Waals surface area contributed by atoms with E-state index in [0.717, 1.165) is 33.3 Å². The highest BCUT2D eigenvalue weighted by Gasteiger charge is 2.23. The van der Waals surface area contributed by atoms with Crippen molar-refractivity contribution in [3.8, 4) is 11.1 Å². The van der Waals surface area contributed by atoms with Crippen molar-refractivity contribution in [2.75, 3.05) is 18.5 Å². The largest absolute Gasteiger partial charge is 0.481 e. The van der Waals surface area contributed by atoms with Crippen molar-refractivity contribution >= 4 is 28.4 Å². The van der Waals surface area contributed by atoms with E-state index >= 15 is 0 Å². The summed E-state index contributed by atoms with van der Waals surface area (Å²) in [5, 5.41) is 22.0. The first-order valence-electron chi connectivity index (χ1n) is 9.99. The van der Waals surface area contributed by atoms with Gasteiger partial charge >= 0.3 is 5.97 Å². The van der Waals surface area contributed by atoms with E-state index in [1.165, 1.54) is 19.3 Å². The smallest absolute Gasteiger partial charge is 0.305 e. The Morgan fingerprint density at radius 2 is 1.87 bits per heavy atom. The molecule has 4 rings (SSSR count). The number of benzene rings is 1. The predicted octanol–water partition coefficient (Wildman–Crippen LogP) is 4.04. The van der Waals surface area contributed by atoms with E-state index in [4.69, 9.17) is 9.84 Å². The van der Waals surface area contributed by atoms with Crippen LogP contribution in [0.5, 0.6) is 0 Å². The zero-order valence-corrected chi connectivity index (χ0v) is 17.3. The van der Waals surface area contributed by atoms with Crippen molar-refractivity contribution < 1.29 is 14.6 Å². The van der Waals surface area contributed by atoms with Gasteiger partial charge in [0.25, 0.3) is 0 Å². The van der Waals surface area contributed by atoms with Crippen LogP contribution < -0.4 is 5.32 Å². The lowest BCUT2D eigenvalue weighted by molar-refractivity contribution is -0.138. The van der Waals surface area contributed by atoms with Crippen LogP contribution in [-0.4, -0.2) is 44.5 Å². The summed E-state index contributed by atoms with van der Waals surface area (Å²) < 4.78 is 5.33. The molecule has 3 aromatic rings. The molecule has 2 heterocycles. The van der Waals surface area contributed by atoms with Crippen LogP contribution in [-0.2, 0) is 16.0 Å². The Morgan fingerprint density at radius 3 is 2.53 bits per heavy atom. The molecule has 0 amide bonds. The summed E-state index contributed by atoms with van der Waals surface area (Å²) in [5.74, 6) is 0.232. The van der Waals surface area contributed by atoms with E-state index in [1.54, 1.807) is 23.7 Å². The van der Waals surface area contributed by atoms with Gasteiger partial charge in [0, 0.05) is 23.9 Å². The summed E-state index contributed by atoms with van der Waals surface area (Å²) in [6.45, 7) is 0.744. The molecule has 1 aliphatic rings. The van der Waals surface area contributed by atoms with Crippen molar-refractivity contribution in [2.45, 2.75) is 38.0 Å². The highest BCUT2D eigenvalue weighted by atomic mass is 32.1. The van der Waals surface area contributed by atoms with Crippen molar-refractivity contribution in [2.24, 2.45) is 0 Å². The summed E-state index contributed by atoms with van der Waals surface area (Å²) in [4.78, 5) is 19.2. The minimum Gasteiger partial charge on any atom is -0.481 e. The van der Waals surface area contributed by atoms with E-state index in [0.29, 0.717) is 18.5 Å². The molecule has 0 atom stereocenters. The molecular weight excluding hydrogens is 402 g/mol. The maximum absolute atomic E-state index is 10.5. The normalized spacial score (nSPS) is 13.7. The quantitative estimate of drug-likeness (QED) is 0.468. The molecule has 0 saturated heterocycles. The molecule has 1 aromatic carbocycles. The molecule has 0 bridgehead atoms. The SMILES string of the molecule is O=C(O)CCOCCc1ccc(-c2cnc(Nc3nnc(C4CCC4)s3)nc2)cc1. The van der Waals surface area contributed by atoms with Gasteiger partial charge in [0.1, 0.15) is 5.01 Å². The summed E-state index contributed by atoms with van der Waals surface area (Å²) in [7, 11) is 0. The second-order valence-corrected chi connectivity index (χ2v) is 8.21. The molecule has 30 heavy (non-hydrogen) atoms. The van der Waals surface area contributed by atoms with E-state index in [-0.39, 0.29) is 13.0 Å². The second kappa shape index (κ2) is 9.73. The molecule has 1 aliphatic carbocycles. The fraction of sp³-hybridized carbons (Fsp3) is 0.381. The molecule has 0 spiro atoms. The number of nitrogens with zero attached hydrogens (tertiary/aromatic N) is 4. The van der Waals surface area contributed by atoms with Crippen LogP contribution in [0.1, 0.15) is 42.2 Å². The summed E-state index contributed by atoms with van der Waals surface area (Å²) in [5.41, 5.74) is 3.09. The number of aromatic nitrogens is 4. The Bertz CT molecular complexity index is 971. The van der Waals surface area contributed by atoms with E-state index in [9.17, 15) is 4.79 Å². The molecule has 2 N–H and O–H groups in total. The highest BCUT2D eigenvalue weighted by molar-refractivity contribution is 7.15. The fourth-order valence-corrected chi connectivity index (χ4v) is 3.96. The molecule has 2 aromatic heterocycles. The third kappa shape index (κ3) is 5.37. The first-order valence-corrected chi connectivity index (χ1v) is 10.8. The zero-order valence-electron chi connectivity index (χ0n) is 16.5. The molecule has 1 fully saturated rings. The Morgan fingerprint density at radius 1 is 1.10 bits per heavy atom. The van der Waals surface area contributed by atoms with Crippen LogP contribution in [0.25, 0.3) is 11.1 Å². The first kappa shape index (κ1) is 20.4. The van der Waals surface area contributed by atoms with Crippen LogP contribution in [0.4, 0.5) is 11.1 Å². The number of hydrogen-bond donors (Lipinski definition) is 2. The predicted molar refractivity (Wildman–Crippen MR) is 114 cm³/mol. The lowest BCUT2D eigenvalue weighted by Crippen LogP contribution is -2.07. The summed E-state index contributed by atoms with van der Waals surface area (Å²) in [6, 6.07) is 8.11. The van der Waals surface area contributed by atoms with Gasteiger partial charge in [-0.25, -0.2) is 9.97 Å². The van der Waals surface area contributed by atoms with Crippen molar-refractivity contribution in [1.29, 1.82) is 0 Å². The average Bonchev–Trinajstić information content (AvgIpc) is 3.15. The van der Waals surface area contributed by atoms with Crippen molar-refractivity contribution in [3.63, 3.8) is 0 Å². The van der Waals surface area contributed by atoms with Crippen molar-refractivity contribution in [1.82, 2.24) is 20.2 Å². The molecule has 9 heteroatoms. The minimum absolute atomic E-state index is 0.0323. The number of carbonyl (C=O) groups is 1. The molecule has 0 radical (unpaired) electrons. The Hall–Kier alpha value is -2.91. The topological polar surface area (TPSA) is 110 Å². The van der Waals surface area contributed by atoms with E-state index in [2.05, 4.69) is 25.5 Å². The number of hydrogen-bond acceptors (Lipinski definition) is 8. The lowest BCUT2D eigenvalue weighted by Gasteiger charge is -2.21. The minimum atomic E-state index is -0.843. The number of rotatable bonds is 10. The molecule has 0 unspecified atom stereocenters. The number of carboxylic acids is 1. The number of ether oxygens (including phenoxy) is 1. The van der Waals surface area contributed by atoms with Gasteiger partial charge in [-0.2, -0.15) is 0 Å². The van der Waals surface area contributed by atoms with Crippen LogP contribution >= 0.6 is 11.3 Å². The number of carboxylic acid groups (broad SMARTS) is 1. The Balaban J connectivity index is 1.29. The van der Waals surface area contributed by atoms with E-state index in [1.807, 2.05) is 24.3 Å². The maximum atomic E-state index is 10.5. The number of anilines is 2. The molecule has 156 valence electrons. The van der Waals surface area contributed by atoms with Crippen LogP contribution in [0.2, 0.25) is 0 Å². The zero-order chi connectivity index (χ0) is 20.8. The Kier molecular flexibility index (Phi) is 6.60. The van der Waals surface area contributed by atoms with Crippen molar-refractivity contribution in [3.05, 3.63) is 47.2 Å². The van der Waals surface area contributed by atoms with Gasteiger partial charge in [-0.1, -0.05) is 42.0 Å². The summed E-state index contributed by atoms with van der Waals surface area (Å²) >= 11 is 1.57. The molecular formula is C21H23N5O3S. The van der Waals surface area contributed by atoms with Gasteiger partial charge in [0.2, 0.25) is 11.1 Å². The van der Waals surface area contributed by atoms with Gasteiger partial charge in [0.15, 0.2) is 0 Å². The Labute approximate surface area is 178 Å². The molecule has 0 aliphatic heterocycles. The van der Waals surface area contributed by atoms with Gasteiger partial charge in [-0.05, 0) is 30.4 Å². The summed E-state index contributed by atoms with van der Waals surface area (Å²) in [6.07, 6.45) is 8.03. The fourth-order valence-electron chi connectivity index (χ4n) is 3.06. The average molecular weight is 426 g/mol. The third-order valence-electron chi connectivity index (χ3n) is 5.05. The first-order chi connectivity index (χ1) is 14.7. The third-order valence-corrected chi connectivity index (χ3v) is 6.05. The van der Waals surface area contributed by atoms with Gasteiger partial charge in [-0.15, -0.1) is 10.2 Å². The number of aliphatic carboxylic acids is 1. The lowest BCUT2D eigenvalue weighted by atomic mass is 9.86. The van der Waals surface area contributed by atoms with Crippen LogP contribution in [0.15, 0.2) is 36.7 Å². The van der Waals surface area contributed by atoms with Gasteiger partial charge < -0.3 is 9.84 Å². The molecule has 1 saturated carbocycles. The van der Waals surface area contributed by atoms with Gasteiger partial charge in [-0.3, -0.25) is 10.1 Å². The van der Waals surface area contributed by atoms with Crippen LogP contribution in [0, 0.1) is 0 Å². The number of nitrogens with one attached hydrogen (secondary N) is 1. The highest BCUT2D eigenvalue weighted by Crippen LogP contribution is 2.38. The van der Waals surface area contributed by atoms with Crippen LogP contribution in [0.3, 0.4) is 0 Å². The maximum Gasteiger partial charge on any atom is 0.305 e.